The lowest BCUT2D eigenvalue weighted by atomic mass is 9.87. The van der Waals surface area contributed by atoms with Crippen molar-refractivity contribution in [2.75, 3.05) is 12.4 Å². The summed E-state index contributed by atoms with van der Waals surface area (Å²) in [5.74, 6) is 1.08. The van der Waals surface area contributed by atoms with Crippen LogP contribution in [0.3, 0.4) is 0 Å². The summed E-state index contributed by atoms with van der Waals surface area (Å²) in [6.07, 6.45) is -0.620. The van der Waals surface area contributed by atoms with E-state index in [-0.39, 0.29) is 11.3 Å². The molecule has 4 nitrogen and oxygen atoms in total. The van der Waals surface area contributed by atoms with Gasteiger partial charge in [0.25, 0.3) is 5.91 Å². The van der Waals surface area contributed by atoms with Gasteiger partial charge in [-0.05, 0) is 54.7 Å². The molecule has 0 unspecified atom stereocenters. The maximum absolute atomic E-state index is 12.4. The fraction of sp³-hybridized carbons (Fsp3) is 0.381. The Bertz CT molecular complexity index is 730. The van der Waals surface area contributed by atoms with Gasteiger partial charge in [0.15, 0.2) is 6.10 Å². The summed E-state index contributed by atoms with van der Waals surface area (Å²) in [6.45, 7) is 10.2. The maximum atomic E-state index is 12.4. The van der Waals surface area contributed by atoms with Crippen LogP contribution in [0.1, 0.15) is 38.8 Å². The van der Waals surface area contributed by atoms with Crippen molar-refractivity contribution in [1.29, 1.82) is 0 Å². The first-order valence-electron chi connectivity index (χ1n) is 8.43. The van der Waals surface area contributed by atoms with E-state index in [2.05, 4.69) is 26.1 Å². The van der Waals surface area contributed by atoms with Crippen LogP contribution < -0.4 is 14.8 Å². The Morgan fingerprint density at radius 1 is 1.08 bits per heavy atom. The van der Waals surface area contributed by atoms with E-state index in [1.165, 1.54) is 5.56 Å². The minimum absolute atomic E-state index is 0.0866. The van der Waals surface area contributed by atoms with Gasteiger partial charge in [0.05, 0.1) is 12.8 Å². The smallest absolute Gasteiger partial charge is 0.265 e. The number of amides is 1. The molecule has 0 bridgehead atoms. The SMILES string of the molecule is COc1ccc(C)cc1NC(=O)[C@H](C)Oc1ccc(C(C)(C)C)cc1. The molecule has 2 rings (SSSR count). The second-order valence-electron chi connectivity index (χ2n) is 7.23. The van der Waals surface area contributed by atoms with Crippen LogP contribution in [0.25, 0.3) is 0 Å². The molecule has 0 aliphatic rings. The molecular formula is C21H27NO3. The van der Waals surface area contributed by atoms with Gasteiger partial charge >= 0.3 is 0 Å². The van der Waals surface area contributed by atoms with Gasteiger partial charge in [0.2, 0.25) is 0 Å². The second kappa shape index (κ2) is 7.60. The summed E-state index contributed by atoms with van der Waals surface area (Å²) in [7, 11) is 1.58. The standard InChI is InChI=1S/C21H27NO3/c1-14-7-12-19(24-6)18(13-14)22-20(23)15(2)25-17-10-8-16(9-11-17)21(3,4)5/h7-13,15H,1-6H3,(H,22,23)/t15-/m0/s1. The Hall–Kier alpha value is -2.49. The van der Waals surface area contributed by atoms with E-state index in [0.717, 1.165) is 5.56 Å². The summed E-state index contributed by atoms with van der Waals surface area (Å²) in [4.78, 5) is 12.4. The molecule has 0 fully saturated rings. The van der Waals surface area contributed by atoms with Crippen LogP contribution in [0.2, 0.25) is 0 Å². The van der Waals surface area contributed by atoms with Crippen molar-refractivity contribution in [3.63, 3.8) is 0 Å². The fourth-order valence-electron chi connectivity index (χ4n) is 2.45. The lowest BCUT2D eigenvalue weighted by molar-refractivity contribution is -0.122. The van der Waals surface area contributed by atoms with E-state index in [0.29, 0.717) is 17.2 Å². The molecule has 1 atom stereocenters. The monoisotopic (exact) mass is 341 g/mol. The third-order valence-corrected chi connectivity index (χ3v) is 4.02. The van der Waals surface area contributed by atoms with E-state index in [4.69, 9.17) is 9.47 Å². The molecule has 2 aromatic rings. The van der Waals surface area contributed by atoms with Gasteiger partial charge in [-0.15, -0.1) is 0 Å². The molecule has 134 valence electrons. The van der Waals surface area contributed by atoms with Gasteiger partial charge in [-0.2, -0.15) is 0 Å². The molecule has 4 heteroatoms. The van der Waals surface area contributed by atoms with E-state index in [9.17, 15) is 4.79 Å². The predicted molar refractivity (Wildman–Crippen MR) is 102 cm³/mol. The van der Waals surface area contributed by atoms with Gasteiger partial charge in [0.1, 0.15) is 11.5 Å². The molecular weight excluding hydrogens is 314 g/mol. The quantitative estimate of drug-likeness (QED) is 0.857. The number of carbonyl (C=O) groups is 1. The van der Waals surface area contributed by atoms with Crippen molar-refractivity contribution in [2.45, 2.75) is 46.1 Å². The zero-order valence-corrected chi connectivity index (χ0v) is 15.8. The Morgan fingerprint density at radius 2 is 1.72 bits per heavy atom. The van der Waals surface area contributed by atoms with E-state index >= 15 is 0 Å². The topological polar surface area (TPSA) is 47.6 Å². The molecule has 0 aliphatic carbocycles. The fourth-order valence-corrected chi connectivity index (χ4v) is 2.45. The number of aryl methyl sites for hydroxylation is 1. The highest BCUT2D eigenvalue weighted by Crippen LogP contribution is 2.26. The van der Waals surface area contributed by atoms with Crippen LogP contribution >= 0.6 is 0 Å². The number of ether oxygens (including phenoxy) is 2. The zero-order valence-electron chi connectivity index (χ0n) is 15.8. The van der Waals surface area contributed by atoms with Crippen LogP contribution in [-0.4, -0.2) is 19.1 Å². The van der Waals surface area contributed by atoms with Crippen molar-refractivity contribution in [2.24, 2.45) is 0 Å². The summed E-state index contributed by atoms with van der Waals surface area (Å²) in [5, 5.41) is 2.87. The summed E-state index contributed by atoms with van der Waals surface area (Å²) >= 11 is 0. The minimum atomic E-state index is -0.620. The number of rotatable bonds is 5. The summed E-state index contributed by atoms with van der Waals surface area (Å²) in [5.41, 5.74) is 3.00. The predicted octanol–water partition coefficient (Wildman–Crippen LogP) is 4.71. The average Bonchev–Trinajstić information content (AvgIpc) is 2.54. The largest absolute Gasteiger partial charge is 0.495 e. The molecule has 0 spiro atoms. The minimum Gasteiger partial charge on any atom is -0.495 e. The van der Waals surface area contributed by atoms with E-state index in [1.807, 2.05) is 49.4 Å². The van der Waals surface area contributed by atoms with Gasteiger partial charge in [-0.25, -0.2) is 0 Å². The highest BCUT2D eigenvalue weighted by Gasteiger charge is 2.18. The highest BCUT2D eigenvalue weighted by molar-refractivity contribution is 5.95. The molecule has 2 aromatic carbocycles. The number of carbonyl (C=O) groups excluding carboxylic acids is 1. The molecule has 0 aliphatic heterocycles. The van der Waals surface area contributed by atoms with Gasteiger partial charge in [-0.1, -0.05) is 39.0 Å². The zero-order chi connectivity index (χ0) is 18.6. The van der Waals surface area contributed by atoms with Crippen LogP contribution in [0.4, 0.5) is 5.69 Å². The first-order chi connectivity index (χ1) is 11.7. The molecule has 0 saturated heterocycles. The maximum Gasteiger partial charge on any atom is 0.265 e. The molecule has 25 heavy (non-hydrogen) atoms. The molecule has 0 radical (unpaired) electrons. The summed E-state index contributed by atoms with van der Waals surface area (Å²) < 4.78 is 11.1. The number of anilines is 1. The Labute approximate surface area is 150 Å². The average molecular weight is 341 g/mol. The van der Waals surface area contributed by atoms with Crippen molar-refractivity contribution in [3.05, 3.63) is 53.6 Å². The molecule has 1 N–H and O–H groups in total. The molecule has 1 amide bonds. The van der Waals surface area contributed by atoms with Crippen molar-refractivity contribution >= 4 is 11.6 Å². The number of benzene rings is 2. The summed E-state index contributed by atoms with van der Waals surface area (Å²) in [6, 6.07) is 13.5. The molecule has 0 aromatic heterocycles. The van der Waals surface area contributed by atoms with Gasteiger partial charge in [0, 0.05) is 0 Å². The third-order valence-electron chi connectivity index (χ3n) is 4.02. The van der Waals surface area contributed by atoms with Crippen molar-refractivity contribution < 1.29 is 14.3 Å². The molecule has 0 saturated carbocycles. The van der Waals surface area contributed by atoms with Gasteiger partial charge in [-0.3, -0.25) is 4.79 Å². The van der Waals surface area contributed by atoms with Crippen molar-refractivity contribution in [1.82, 2.24) is 0 Å². The number of nitrogens with one attached hydrogen (secondary N) is 1. The lowest BCUT2D eigenvalue weighted by Crippen LogP contribution is -2.30. The van der Waals surface area contributed by atoms with E-state index < -0.39 is 6.10 Å². The molecule has 0 heterocycles. The lowest BCUT2D eigenvalue weighted by Gasteiger charge is -2.20. The Morgan fingerprint density at radius 3 is 2.28 bits per heavy atom. The van der Waals surface area contributed by atoms with Crippen LogP contribution in [-0.2, 0) is 10.2 Å². The number of hydrogen-bond acceptors (Lipinski definition) is 3. The first kappa shape index (κ1) is 18.8. The second-order valence-corrected chi connectivity index (χ2v) is 7.23. The van der Waals surface area contributed by atoms with Crippen LogP contribution in [0.5, 0.6) is 11.5 Å². The third kappa shape index (κ3) is 4.99. The normalized spacial score (nSPS) is 12.4. The Kier molecular flexibility index (Phi) is 5.73. The number of methoxy groups -OCH3 is 1. The Balaban J connectivity index is 2.04. The van der Waals surface area contributed by atoms with Crippen LogP contribution in [0.15, 0.2) is 42.5 Å². The van der Waals surface area contributed by atoms with E-state index in [1.54, 1.807) is 14.0 Å². The van der Waals surface area contributed by atoms with Crippen LogP contribution in [0, 0.1) is 6.92 Å². The van der Waals surface area contributed by atoms with Crippen molar-refractivity contribution in [3.8, 4) is 11.5 Å². The van der Waals surface area contributed by atoms with Gasteiger partial charge < -0.3 is 14.8 Å². The first-order valence-corrected chi connectivity index (χ1v) is 8.43. The highest BCUT2D eigenvalue weighted by atomic mass is 16.5. The number of hydrogen-bond donors (Lipinski definition) is 1.